The van der Waals surface area contributed by atoms with Crippen LogP contribution in [0.4, 0.5) is 0 Å². The Balaban J connectivity index is 2.05. The van der Waals surface area contributed by atoms with Gasteiger partial charge in [-0.1, -0.05) is 104 Å². The normalized spacial score (nSPS) is 11.5. The van der Waals surface area contributed by atoms with Crippen molar-refractivity contribution in [3.8, 4) is 0 Å². The fraction of sp³-hybridized carbons (Fsp3) is 0.294. The van der Waals surface area contributed by atoms with E-state index in [0.717, 1.165) is 48.1 Å². The molecule has 2 rings (SSSR count). The first-order valence-corrected chi connectivity index (χ1v) is 19.2. The molecule has 0 aliphatic heterocycles. The second-order valence-corrected chi connectivity index (χ2v) is 18.4. The van der Waals surface area contributed by atoms with Crippen LogP contribution in [0.1, 0.15) is 73.1 Å². The first kappa shape index (κ1) is 34.9. The summed E-state index contributed by atoms with van der Waals surface area (Å²) in [7, 11) is -4.04. The van der Waals surface area contributed by atoms with Crippen molar-refractivity contribution in [1.82, 2.24) is 0 Å². The minimum Gasteiger partial charge on any atom is -0.289 e. The molecule has 0 bridgehead atoms. The van der Waals surface area contributed by atoms with Gasteiger partial charge in [-0.3, -0.25) is 9.78 Å². The van der Waals surface area contributed by atoms with Gasteiger partial charge in [0.15, 0.2) is 0 Å². The van der Waals surface area contributed by atoms with Crippen LogP contribution in [0.2, 0.25) is 12.1 Å². The molecule has 0 spiro atoms. The first-order chi connectivity index (χ1) is 20.3. The van der Waals surface area contributed by atoms with Crippen molar-refractivity contribution in [3.63, 3.8) is 0 Å². The molecule has 2 radical (unpaired) electrons. The number of hydrogen-bond donors (Lipinski definition) is 0. The lowest BCUT2D eigenvalue weighted by Gasteiger charge is -2.23. The van der Waals surface area contributed by atoms with Crippen LogP contribution in [0.3, 0.4) is 0 Å². The van der Waals surface area contributed by atoms with Gasteiger partial charge in [0.25, 0.3) is 0 Å². The molecule has 0 fully saturated rings. The monoisotopic (exact) mass is 604 g/mol. The number of hydrogen-bond acceptors (Lipinski definition) is 6. The van der Waals surface area contributed by atoms with Crippen LogP contribution >= 0.6 is 0 Å². The van der Waals surface area contributed by atoms with Gasteiger partial charge in [-0.25, -0.2) is 9.59 Å². The van der Waals surface area contributed by atoms with Gasteiger partial charge >= 0.3 is 18.2 Å². The molecule has 0 saturated heterocycles. The van der Waals surface area contributed by atoms with Crippen molar-refractivity contribution in [2.75, 3.05) is 0 Å². The van der Waals surface area contributed by atoms with Crippen LogP contribution in [-0.4, -0.2) is 28.1 Å². The summed E-state index contributed by atoms with van der Waals surface area (Å²) in [6.07, 6.45) is 4.60. The number of benzene rings is 2. The lowest BCUT2D eigenvalue weighted by Crippen LogP contribution is -2.43. The summed E-state index contributed by atoms with van der Waals surface area (Å²) < 4.78 is 0. The zero-order valence-corrected chi connectivity index (χ0v) is 27.1. The first-order valence-electron chi connectivity index (χ1n) is 14.5. The van der Waals surface area contributed by atoms with E-state index in [0.29, 0.717) is 17.5 Å². The fourth-order valence-corrected chi connectivity index (χ4v) is 9.44. The molecule has 0 unspecified atom stereocenters. The largest absolute Gasteiger partial charge is 0.373 e. The number of rotatable bonds is 20. The highest BCUT2D eigenvalue weighted by atomic mass is 28.3. The Morgan fingerprint density at radius 3 is 1.33 bits per heavy atom. The third-order valence-electron chi connectivity index (χ3n) is 7.74. The maximum atomic E-state index is 12.7. The van der Waals surface area contributed by atoms with Crippen LogP contribution in [-0.2, 0) is 19.6 Å². The lowest BCUT2D eigenvalue weighted by atomic mass is 10.1. The predicted molar refractivity (Wildman–Crippen MR) is 175 cm³/mol. The Bertz CT molecular complexity index is 1090. The summed E-state index contributed by atoms with van der Waals surface area (Å²) in [4.78, 5) is 46.0. The molecule has 0 atom stereocenters. The summed E-state index contributed by atoms with van der Waals surface area (Å²) >= 11 is 0. The van der Waals surface area contributed by atoms with E-state index < -0.39 is 28.1 Å². The van der Waals surface area contributed by atoms with Crippen molar-refractivity contribution in [2.24, 2.45) is 0 Å². The second kappa shape index (κ2) is 17.6. The van der Waals surface area contributed by atoms with E-state index in [1.807, 2.05) is 47.1 Å². The Kier molecular flexibility index (Phi) is 14.6. The van der Waals surface area contributed by atoms with Gasteiger partial charge in [0.05, 0.1) is 11.1 Å². The van der Waals surface area contributed by atoms with Crippen LogP contribution in [0, 0.1) is 13.2 Å². The van der Waals surface area contributed by atoms with Gasteiger partial charge in [0.1, 0.15) is 16.1 Å². The van der Waals surface area contributed by atoms with Crippen LogP contribution in [0.15, 0.2) is 97.6 Å². The second-order valence-electron chi connectivity index (χ2n) is 10.1. The third-order valence-corrected chi connectivity index (χ3v) is 15.8. The highest BCUT2D eigenvalue weighted by Crippen LogP contribution is 2.20. The minimum absolute atomic E-state index is 0.119. The fourth-order valence-electron chi connectivity index (χ4n) is 4.62. The molecule has 8 heteroatoms. The molecule has 0 saturated carbocycles. The Labute approximate surface area is 253 Å². The van der Waals surface area contributed by atoms with Gasteiger partial charge in [-0.2, -0.15) is 0 Å². The molecule has 0 aromatic heterocycles. The molecule has 2 aromatic carbocycles. The van der Waals surface area contributed by atoms with E-state index in [1.165, 1.54) is 0 Å². The Morgan fingerprint density at radius 2 is 1.00 bits per heavy atom. The van der Waals surface area contributed by atoms with E-state index in [9.17, 15) is 9.59 Å². The zero-order valence-electron chi connectivity index (χ0n) is 25.1. The maximum Gasteiger partial charge on any atom is 0.373 e. The molecule has 42 heavy (non-hydrogen) atoms. The van der Waals surface area contributed by atoms with Gasteiger partial charge in [0, 0.05) is 6.42 Å². The van der Waals surface area contributed by atoms with Crippen molar-refractivity contribution >= 4 is 38.5 Å². The van der Waals surface area contributed by atoms with Crippen molar-refractivity contribution < 1.29 is 29.1 Å². The van der Waals surface area contributed by atoms with Crippen LogP contribution in [0.25, 0.3) is 0 Å². The minimum atomic E-state index is -2.02. The number of carbonyl (C=O) groups excluding carboxylic acids is 2. The molecular weight excluding hydrogens is 561 g/mol. The van der Waals surface area contributed by atoms with Crippen LogP contribution < -0.4 is 10.4 Å². The van der Waals surface area contributed by atoms with E-state index in [4.69, 9.17) is 19.6 Å². The predicted octanol–water partition coefficient (Wildman–Crippen LogP) is 7.48. The summed E-state index contributed by atoms with van der Waals surface area (Å²) in [5.41, 5.74) is 8.52. The van der Waals surface area contributed by atoms with Crippen molar-refractivity contribution in [3.05, 3.63) is 122 Å². The smallest absolute Gasteiger partial charge is 0.289 e. The molecule has 6 nitrogen and oxygen atoms in total. The van der Waals surface area contributed by atoms with Crippen molar-refractivity contribution in [1.29, 1.82) is 0 Å². The average molecular weight is 605 g/mol. The maximum absolute atomic E-state index is 12.7. The van der Waals surface area contributed by atoms with Gasteiger partial charge in [-0.15, -0.1) is 36.1 Å². The molecule has 0 heterocycles. The highest BCUT2D eigenvalue weighted by molar-refractivity contribution is 7.00. The zero-order chi connectivity index (χ0) is 31.0. The average Bonchev–Trinajstić information content (AvgIpc) is 3.04. The molecular formula is C34H44O6Si2. The number of carbonyl (C=O) groups is 2. The van der Waals surface area contributed by atoms with E-state index in [2.05, 4.69) is 47.1 Å². The highest BCUT2D eigenvalue weighted by Gasteiger charge is 2.28. The molecule has 0 aliphatic rings. The summed E-state index contributed by atoms with van der Waals surface area (Å²) in [5.74, 6) is -1.40. The Morgan fingerprint density at radius 1 is 0.619 bits per heavy atom. The van der Waals surface area contributed by atoms with Gasteiger partial charge < -0.3 is 0 Å². The lowest BCUT2D eigenvalue weighted by molar-refractivity contribution is -0.363. The molecule has 2 aromatic rings. The summed E-state index contributed by atoms with van der Waals surface area (Å²) in [6, 6.07) is 16.1. The molecule has 0 amide bonds. The standard InChI is InChI=1S/C34H44O6Si2/c1-8-15-16-17-18-19-32(37-39-33(35)28-20-24-30(25-21-28)41(9-2,10-3)11-4)38-40-34(36)29-22-26-31(27-23-29)42(12-5,13-6)14-7/h9-10,12-13,20-27H,1-3,5-6,8,11,14-19H2,4,7H3. The summed E-state index contributed by atoms with van der Waals surface area (Å²) in [6.45, 7) is 24.0. The topological polar surface area (TPSA) is 71.1 Å². The van der Waals surface area contributed by atoms with Gasteiger partial charge in [0.2, 0.25) is 0 Å². The molecule has 224 valence electrons. The molecule has 0 aliphatic carbocycles. The SMILES string of the molecule is [CH2]CCCCCC[C](OOC(=O)c1ccc([Si](C=C)(C=C)CC)cc1)OOC(=O)c1ccc([Si](C=C)(C=C)CC)cc1. The van der Waals surface area contributed by atoms with E-state index in [-0.39, 0.29) is 12.7 Å². The van der Waals surface area contributed by atoms with E-state index >= 15 is 0 Å². The third kappa shape index (κ3) is 9.10. The molecule has 0 N–H and O–H groups in total. The summed E-state index contributed by atoms with van der Waals surface area (Å²) in [5, 5.41) is 2.20. The number of unbranched alkanes of at least 4 members (excludes halogenated alkanes) is 4. The van der Waals surface area contributed by atoms with Crippen molar-refractivity contribution in [2.45, 2.75) is 64.5 Å². The van der Waals surface area contributed by atoms with Crippen LogP contribution in [0.5, 0.6) is 0 Å². The van der Waals surface area contributed by atoms with Gasteiger partial charge in [-0.05, 0) is 42.8 Å². The van der Waals surface area contributed by atoms with E-state index in [1.54, 1.807) is 24.3 Å². The quantitative estimate of drug-likeness (QED) is 0.0675. The Hall–Kier alpha value is -3.31.